The smallest absolute Gasteiger partial charge is 0.278 e. The fraction of sp³-hybridized carbons (Fsp3) is 0.214. The Bertz CT molecular complexity index is 678. The zero-order valence-corrected chi connectivity index (χ0v) is 10.7. The minimum absolute atomic E-state index is 0.420. The monoisotopic (exact) mass is 255 g/mol. The van der Waals surface area contributed by atoms with Crippen molar-refractivity contribution in [2.24, 2.45) is 0 Å². The molecule has 0 radical (unpaired) electrons. The molecule has 5 nitrogen and oxygen atoms in total. The standard InChI is InChI=1S/C14H14N4O/c1-11-16-13-7-15-18(8-14(13)17-11)10-19-9-12-5-3-2-4-6-12/h2-8H,9-10H2,1H3/p+1. The number of fused-ring (bicyclic) bond motifs is 1. The van der Waals surface area contributed by atoms with Crippen LogP contribution in [-0.2, 0) is 18.1 Å². The van der Waals surface area contributed by atoms with Crippen LogP contribution >= 0.6 is 0 Å². The van der Waals surface area contributed by atoms with E-state index in [1.165, 1.54) is 0 Å². The molecule has 0 aliphatic rings. The largest absolute Gasteiger partial charge is 0.337 e. The van der Waals surface area contributed by atoms with E-state index in [0.29, 0.717) is 13.3 Å². The molecule has 2 heterocycles. The van der Waals surface area contributed by atoms with Crippen molar-refractivity contribution in [3.63, 3.8) is 0 Å². The molecule has 3 rings (SSSR count). The van der Waals surface area contributed by atoms with Gasteiger partial charge in [0.15, 0.2) is 0 Å². The Morgan fingerprint density at radius 3 is 2.95 bits per heavy atom. The first-order valence-corrected chi connectivity index (χ1v) is 6.15. The van der Waals surface area contributed by atoms with Crippen LogP contribution in [0, 0.1) is 6.92 Å². The van der Waals surface area contributed by atoms with Crippen molar-refractivity contribution in [3.05, 3.63) is 54.1 Å². The second-order valence-corrected chi connectivity index (χ2v) is 4.40. The SMILES string of the molecule is Cc1nc2cn[n+](COCc3ccccc3)cc2[nH]1. The van der Waals surface area contributed by atoms with Crippen molar-refractivity contribution in [1.29, 1.82) is 0 Å². The number of ether oxygens (including phenoxy) is 1. The van der Waals surface area contributed by atoms with E-state index in [-0.39, 0.29) is 0 Å². The Kier molecular flexibility index (Phi) is 3.20. The highest BCUT2D eigenvalue weighted by Crippen LogP contribution is 2.05. The third kappa shape index (κ3) is 2.77. The quantitative estimate of drug-likeness (QED) is 0.722. The topological polar surface area (TPSA) is 54.7 Å². The Balaban J connectivity index is 1.65. The maximum absolute atomic E-state index is 5.63. The summed E-state index contributed by atoms with van der Waals surface area (Å²) in [5.74, 6) is 0.889. The van der Waals surface area contributed by atoms with Gasteiger partial charge in [-0.15, -0.1) is 0 Å². The molecule has 0 amide bonds. The Morgan fingerprint density at radius 1 is 1.26 bits per heavy atom. The van der Waals surface area contributed by atoms with Gasteiger partial charge in [0.05, 0.1) is 6.61 Å². The highest BCUT2D eigenvalue weighted by Gasteiger charge is 2.08. The predicted octanol–water partition coefficient (Wildman–Crippen LogP) is 1.73. The minimum atomic E-state index is 0.420. The summed E-state index contributed by atoms with van der Waals surface area (Å²) in [4.78, 5) is 7.49. The van der Waals surface area contributed by atoms with Crippen molar-refractivity contribution >= 4 is 11.0 Å². The summed E-state index contributed by atoms with van der Waals surface area (Å²) in [7, 11) is 0. The van der Waals surface area contributed by atoms with Crippen LogP contribution in [0.5, 0.6) is 0 Å². The van der Waals surface area contributed by atoms with Gasteiger partial charge in [0.25, 0.3) is 6.73 Å². The zero-order valence-electron chi connectivity index (χ0n) is 10.7. The lowest BCUT2D eigenvalue weighted by atomic mass is 10.2. The fourth-order valence-corrected chi connectivity index (χ4v) is 1.94. The van der Waals surface area contributed by atoms with E-state index in [2.05, 4.69) is 15.1 Å². The molecule has 0 bridgehead atoms. The molecule has 0 fully saturated rings. The van der Waals surface area contributed by atoms with Crippen molar-refractivity contribution in [3.8, 4) is 0 Å². The van der Waals surface area contributed by atoms with Gasteiger partial charge in [-0.1, -0.05) is 35.0 Å². The molecule has 5 heteroatoms. The first-order chi connectivity index (χ1) is 9.31. The average molecular weight is 255 g/mol. The Hall–Kier alpha value is -2.27. The first kappa shape index (κ1) is 11.8. The number of benzene rings is 1. The lowest BCUT2D eigenvalue weighted by Gasteiger charge is -1.99. The van der Waals surface area contributed by atoms with Crippen molar-refractivity contribution in [2.45, 2.75) is 20.3 Å². The molecule has 0 saturated carbocycles. The molecular formula is C14H15N4O+. The van der Waals surface area contributed by atoms with Crippen LogP contribution in [0.4, 0.5) is 0 Å². The lowest BCUT2D eigenvalue weighted by molar-refractivity contribution is -0.784. The van der Waals surface area contributed by atoms with E-state index in [0.717, 1.165) is 22.4 Å². The van der Waals surface area contributed by atoms with Gasteiger partial charge >= 0.3 is 0 Å². The molecule has 0 aliphatic heterocycles. The van der Waals surface area contributed by atoms with E-state index in [1.807, 2.05) is 43.5 Å². The van der Waals surface area contributed by atoms with E-state index >= 15 is 0 Å². The second kappa shape index (κ2) is 5.16. The summed E-state index contributed by atoms with van der Waals surface area (Å²) in [5.41, 5.74) is 2.99. The summed E-state index contributed by atoms with van der Waals surface area (Å²) < 4.78 is 7.38. The van der Waals surface area contributed by atoms with Crippen LogP contribution in [0.15, 0.2) is 42.7 Å². The molecule has 96 valence electrons. The Labute approximate surface area is 110 Å². The minimum Gasteiger partial charge on any atom is -0.337 e. The van der Waals surface area contributed by atoms with Gasteiger partial charge < -0.3 is 9.72 Å². The summed E-state index contributed by atoms with van der Waals surface area (Å²) in [6, 6.07) is 10.1. The summed E-state index contributed by atoms with van der Waals surface area (Å²) in [5, 5.41) is 4.26. The third-order valence-corrected chi connectivity index (χ3v) is 2.82. The number of aromatic amines is 1. The number of nitrogens with zero attached hydrogens (tertiary/aromatic N) is 3. The number of H-pyrrole nitrogens is 1. The highest BCUT2D eigenvalue weighted by molar-refractivity contribution is 5.71. The van der Waals surface area contributed by atoms with E-state index in [4.69, 9.17) is 4.74 Å². The van der Waals surface area contributed by atoms with Gasteiger partial charge in [-0.05, 0) is 17.6 Å². The summed E-state index contributed by atoms with van der Waals surface area (Å²) >= 11 is 0. The summed E-state index contributed by atoms with van der Waals surface area (Å²) in [6.07, 6.45) is 3.64. The number of nitrogens with one attached hydrogen (secondary N) is 1. The third-order valence-electron chi connectivity index (χ3n) is 2.82. The molecule has 0 aliphatic carbocycles. The molecule has 0 spiro atoms. The molecule has 19 heavy (non-hydrogen) atoms. The molecule has 1 aromatic carbocycles. The molecular weight excluding hydrogens is 240 g/mol. The van der Waals surface area contributed by atoms with Crippen LogP contribution < -0.4 is 4.68 Å². The number of hydrogen-bond acceptors (Lipinski definition) is 3. The average Bonchev–Trinajstić information content (AvgIpc) is 2.79. The molecule has 0 unspecified atom stereocenters. The van der Waals surface area contributed by atoms with Gasteiger partial charge in [-0.3, -0.25) is 0 Å². The van der Waals surface area contributed by atoms with Gasteiger partial charge in [0, 0.05) is 0 Å². The van der Waals surface area contributed by atoms with E-state index < -0.39 is 0 Å². The summed E-state index contributed by atoms with van der Waals surface area (Å²) in [6.45, 7) is 2.93. The normalized spacial score (nSPS) is 11.0. The van der Waals surface area contributed by atoms with Gasteiger partial charge in [-0.25, -0.2) is 4.98 Å². The van der Waals surface area contributed by atoms with Crippen molar-refractivity contribution in [1.82, 2.24) is 15.1 Å². The van der Waals surface area contributed by atoms with E-state index in [9.17, 15) is 0 Å². The number of aromatic nitrogens is 4. The second-order valence-electron chi connectivity index (χ2n) is 4.40. The highest BCUT2D eigenvalue weighted by atomic mass is 16.5. The number of rotatable bonds is 4. The lowest BCUT2D eigenvalue weighted by Crippen LogP contribution is -2.38. The molecule has 2 aromatic heterocycles. The van der Waals surface area contributed by atoms with Crippen LogP contribution in [-0.4, -0.2) is 15.1 Å². The molecule has 3 aromatic rings. The maximum atomic E-state index is 5.63. The Morgan fingerprint density at radius 2 is 2.11 bits per heavy atom. The van der Waals surface area contributed by atoms with Crippen molar-refractivity contribution in [2.75, 3.05) is 0 Å². The molecule has 0 saturated heterocycles. The number of hydrogen-bond donors (Lipinski definition) is 1. The van der Waals surface area contributed by atoms with Crippen molar-refractivity contribution < 1.29 is 9.42 Å². The van der Waals surface area contributed by atoms with Gasteiger partial charge in [0.1, 0.15) is 23.1 Å². The predicted molar refractivity (Wildman–Crippen MR) is 70.1 cm³/mol. The van der Waals surface area contributed by atoms with Crippen LogP contribution in [0.3, 0.4) is 0 Å². The van der Waals surface area contributed by atoms with Gasteiger partial charge in [0.2, 0.25) is 6.20 Å². The van der Waals surface area contributed by atoms with Crippen LogP contribution in [0.2, 0.25) is 0 Å². The van der Waals surface area contributed by atoms with Crippen LogP contribution in [0.1, 0.15) is 11.4 Å². The van der Waals surface area contributed by atoms with E-state index in [1.54, 1.807) is 10.9 Å². The fourth-order valence-electron chi connectivity index (χ4n) is 1.94. The van der Waals surface area contributed by atoms with Gasteiger partial charge in [-0.2, -0.15) is 0 Å². The maximum Gasteiger partial charge on any atom is 0.278 e. The first-order valence-electron chi connectivity index (χ1n) is 6.15. The zero-order chi connectivity index (χ0) is 13.1. The van der Waals surface area contributed by atoms with Crippen LogP contribution in [0.25, 0.3) is 11.0 Å². The molecule has 1 N–H and O–H groups in total. The number of aryl methyl sites for hydroxylation is 1. The molecule has 0 atom stereocenters. The number of imidazole rings is 1.